The van der Waals surface area contributed by atoms with Crippen molar-refractivity contribution in [3.63, 3.8) is 0 Å². The van der Waals surface area contributed by atoms with E-state index in [2.05, 4.69) is 22.2 Å². The van der Waals surface area contributed by atoms with Crippen molar-refractivity contribution in [2.75, 3.05) is 19.3 Å². The van der Waals surface area contributed by atoms with Gasteiger partial charge in [0.15, 0.2) is 0 Å². The van der Waals surface area contributed by atoms with E-state index >= 15 is 0 Å². The number of rotatable bonds is 3. The van der Waals surface area contributed by atoms with Crippen molar-refractivity contribution in [2.45, 2.75) is 22.3 Å². The fourth-order valence-electron chi connectivity index (χ4n) is 1.89. The summed E-state index contributed by atoms with van der Waals surface area (Å²) in [6, 6.07) is 1.52. The molecule has 2 rings (SSSR count). The third-order valence-electron chi connectivity index (χ3n) is 2.95. The number of halogens is 2. The summed E-state index contributed by atoms with van der Waals surface area (Å²) >= 11 is 12.1. The lowest BCUT2D eigenvalue weighted by molar-refractivity contribution is 0.353. The first-order valence-corrected chi connectivity index (χ1v) is 10.1. The summed E-state index contributed by atoms with van der Waals surface area (Å²) < 4.78 is 27.3. The Hall–Kier alpha value is 0.730. The minimum atomic E-state index is -3.37. The SMILES string of the molecule is CSC1CCN(S(=O)(=O)c2cc(Cl)c(Br)s2)CC1. The van der Waals surface area contributed by atoms with Gasteiger partial charge >= 0.3 is 0 Å². The minimum Gasteiger partial charge on any atom is -0.206 e. The maximum atomic E-state index is 12.4. The molecule has 1 saturated heterocycles. The maximum Gasteiger partial charge on any atom is 0.252 e. The van der Waals surface area contributed by atoms with Crippen LogP contribution in [0, 0.1) is 0 Å². The van der Waals surface area contributed by atoms with E-state index in [0.717, 1.165) is 12.8 Å². The van der Waals surface area contributed by atoms with Gasteiger partial charge in [-0.25, -0.2) is 8.42 Å². The number of thioether (sulfide) groups is 1. The van der Waals surface area contributed by atoms with Gasteiger partial charge in [0.2, 0.25) is 0 Å². The van der Waals surface area contributed by atoms with E-state index in [1.165, 1.54) is 17.4 Å². The van der Waals surface area contributed by atoms with Crippen molar-refractivity contribution < 1.29 is 8.42 Å². The Balaban J connectivity index is 2.17. The lowest BCUT2D eigenvalue weighted by Crippen LogP contribution is -2.38. The van der Waals surface area contributed by atoms with Crippen LogP contribution in [0.4, 0.5) is 0 Å². The molecular weight excluding hydrogens is 378 g/mol. The highest BCUT2D eigenvalue weighted by Crippen LogP contribution is 2.36. The van der Waals surface area contributed by atoms with E-state index in [1.807, 2.05) is 11.8 Å². The van der Waals surface area contributed by atoms with E-state index in [4.69, 9.17) is 11.6 Å². The van der Waals surface area contributed by atoms with Crippen LogP contribution >= 0.6 is 50.6 Å². The van der Waals surface area contributed by atoms with Crippen LogP contribution in [0.15, 0.2) is 14.1 Å². The van der Waals surface area contributed by atoms with E-state index in [0.29, 0.717) is 31.4 Å². The van der Waals surface area contributed by atoms with Gasteiger partial charge in [0.05, 0.1) is 8.81 Å². The number of sulfonamides is 1. The number of hydrogen-bond acceptors (Lipinski definition) is 4. The van der Waals surface area contributed by atoms with Crippen LogP contribution in [0.5, 0.6) is 0 Å². The quantitative estimate of drug-likeness (QED) is 0.790. The lowest BCUT2D eigenvalue weighted by atomic mass is 10.2. The molecule has 0 bridgehead atoms. The molecule has 3 nitrogen and oxygen atoms in total. The molecule has 1 aromatic heterocycles. The van der Waals surface area contributed by atoms with Crippen LogP contribution < -0.4 is 0 Å². The topological polar surface area (TPSA) is 37.4 Å². The molecule has 1 fully saturated rings. The van der Waals surface area contributed by atoms with Crippen LogP contribution in [-0.4, -0.2) is 37.3 Å². The second-order valence-electron chi connectivity index (χ2n) is 4.03. The molecule has 8 heteroatoms. The first-order valence-electron chi connectivity index (χ1n) is 5.43. The predicted octanol–water partition coefficient (Wildman–Crippen LogP) is 3.68. The van der Waals surface area contributed by atoms with Gasteiger partial charge in [-0.05, 0) is 41.1 Å². The van der Waals surface area contributed by atoms with E-state index < -0.39 is 10.0 Å². The third kappa shape index (κ3) is 3.07. The Morgan fingerprint density at radius 2 is 2.11 bits per heavy atom. The van der Waals surface area contributed by atoms with E-state index in [9.17, 15) is 8.42 Å². The Morgan fingerprint density at radius 1 is 1.50 bits per heavy atom. The molecule has 1 aromatic rings. The molecule has 0 aromatic carbocycles. The summed E-state index contributed by atoms with van der Waals surface area (Å²) in [5, 5.41) is 1.03. The molecule has 2 heterocycles. The Labute approximate surface area is 129 Å². The average Bonchev–Trinajstić information content (AvgIpc) is 2.70. The fraction of sp³-hybridized carbons (Fsp3) is 0.600. The zero-order valence-electron chi connectivity index (χ0n) is 9.73. The highest BCUT2D eigenvalue weighted by molar-refractivity contribution is 9.11. The molecule has 1 aliphatic rings. The first kappa shape index (κ1) is 15.1. The molecule has 0 spiro atoms. The molecule has 0 N–H and O–H groups in total. The van der Waals surface area contributed by atoms with Gasteiger partial charge < -0.3 is 0 Å². The largest absolute Gasteiger partial charge is 0.252 e. The van der Waals surface area contributed by atoms with Crippen molar-refractivity contribution in [1.29, 1.82) is 0 Å². The Bertz CT molecular complexity index is 504. The normalized spacial score (nSPS) is 19.3. The van der Waals surface area contributed by atoms with Gasteiger partial charge in [0.1, 0.15) is 4.21 Å². The summed E-state index contributed by atoms with van der Waals surface area (Å²) in [5.41, 5.74) is 0. The van der Waals surface area contributed by atoms with Crippen molar-refractivity contribution in [1.82, 2.24) is 4.31 Å². The van der Waals surface area contributed by atoms with Crippen LogP contribution in [-0.2, 0) is 10.0 Å². The van der Waals surface area contributed by atoms with Gasteiger partial charge in [-0.15, -0.1) is 11.3 Å². The van der Waals surface area contributed by atoms with Crippen LogP contribution in [0.1, 0.15) is 12.8 Å². The smallest absolute Gasteiger partial charge is 0.206 e. The molecule has 0 atom stereocenters. The van der Waals surface area contributed by atoms with Gasteiger partial charge in [-0.2, -0.15) is 16.1 Å². The van der Waals surface area contributed by atoms with Crippen molar-refractivity contribution in [3.05, 3.63) is 14.9 Å². The molecule has 102 valence electrons. The summed E-state index contributed by atoms with van der Waals surface area (Å²) in [7, 11) is -3.37. The molecule has 0 amide bonds. The first-order chi connectivity index (χ1) is 8.45. The number of nitrogens with zero attached hydrogens (tertiary/aromatic N) is 1. The second kappa shape index (κ2) is 6.01. The number of piperidine rings is 1. The van der Waals surface area contributed by atoms with Gasteiger partial charge in [-0.1, -0.05) is 11.6 Å². The predicted molar refractivity (Wildman–Crippen MR) is 82.3 cm³/mol. The lowest BCUT2D eigenvalue weighted by Gasteiger charge is -2.29. The summed E-state index contributed by atoms with van der Waals surface area (Å²) in [6.45, 7) is 1.20. The molecule has 1 aliphatic heterocycles. The highest BCUT2D eigenvalue weighted by atomic mass is 79.9. The summed E-state index contributed by atoms with van der Waals surface area (Å²) in [6.07, 6.45) is 3.91. The molecule has 0 aliphatic carbocycles. The zero-order chi connectivity index (χ0) is 13.3. The molecule has 18 heavy (non-hydrogen) atoms. The monoisotopic (exact) mass is 389 g/mol. The summed E-state index contributed by atoms with van der Waals surface area (Å²) in [4.78, 5) is 0. The van der Waals surface area contributed by atoms with Crippen molar-refractivity contribution in [3.8, 4) is 0 Å². The van der Waals surface area contributed by atoms with Gasteiger partial charge in [0, 0.05) is 18.3 Å². The van der Waals surface area contributed by atoms with E-state index in [1.54, 1.807) is 4.31 Å². The molecule has 0 radical (unpaired) electrons. The summed E-state index contributed by atoms with van der Waals surface area (Å²) in [5.74, 6) is 0. The maximum absolute atomic E-state index is 12.4. The van der Waals surface area contributed by atoms with Crippen LogP contribution in [0.2, 0.25) is 5.02 Å². The van der Waals surface area contributed by atoms with Crippen LogP contribution in [0.25, 0.3) is 0 Å². The average molecular weight is 391 g/mol. The zero-order valence-corrected chi connectivity index (χ0v) is 14.5. The Kier molecular flexibility index (Phi) is 5.05. The molecule has 0 unspecified atom stereocenters. The molecular formula is C10H13BrClNO2S3. The Morgan fingerprint density at radius 3 is 2.56 bits per heavy atom. The third-order valence-corrected chi connectivity index (χ3v) is 8.91. The molecule has 0 saturated carbocycles. The van der Waals surface area contributed by atoms with Gasteiger partial charge in [0.25, 0.3) is 10.0 Å². The highest BCUT2D eigenvalue weighted by Gasteiger charge is 2.30. The second-order valence-corrected chi connectivity index (χ2v) is 10.1. The van der Waals surface area contributed by atoms with E-state index in [-0.39, 0.29) is 0 Å². The minimum absolute atomic E-state index is 0.321. The standard InChI is InChI=1S/C10H13BrClNO2S3/c1-16-7-2-4-13(5-3-7)18(14,15)9-6-8(12)10(11)17-9/h6-7H,2-5H2,1H3. The van der Waals surface area contributed by atoms with Crippen molar-refractivity contribution >= 4 is 60.7 Å². The van der Waals surface area contributed by atoms with Crippen LogP contribution in [0.3, 0.4) is 0 Å². The van der Waals surface area contributed by atoms with Gasteiger partial charge in [-0.3, -0.25) is 0 Å². The number of thiophene rings is 1. The van der Waals surface area contributed by atoms with Crippen molar-refractivity contribution in [2.24, 2.45) is 0 Å². The number of hydrogen-bond donors (Lipinski definition) is 0. The fourth-order valence-corrected chi connectivity index (χ4v) is 6.59.